The van der Waals surface area contributed by atoms with Gasteiger partial charge in [0, 0.05) is 23.1 Å². The van der Waals surface area contributed by atoms with E-state index in [-0.39, 0.29) is 18.4 Å². The summed E-state index contributed by atoms with van der Waals surface area (Å²) in [5, 5.41) is 2.91. The smallest absolute Gasteiger partial charge is 0.261 e. The van der Waals surface area contributed by atoms with E-state index >= 15 is 0 Å². The van der Waals surface area contributed by atoms with Gasteiger partial charge >= 0.3 is 0 Å². The molecule has 1 N–H and O–H groups in total. The van der Waals surface area contributed by atoms with Gasteiger partial charge in [0.05, 0.1) is 0 Å². The summed E-state index contributed by atoms with van der Waals surface area (Å²) in [6.07, 6.45) is 0.424. The highest BCUT2D eigenvalue weighted by Gasteiger charge is 2.30. The molecule has 0 radical (unpaired) electrons. The standard InChI is InChI=1S/C27H29IN2O3/c1-3-29-27(32)25(17-21-10-5-4-6-11-21)30(18-22-12-8-7-9-20(22)2)26(31)19-33-24-15-13-23(28)14-16-24/h4-16,25H,3,17-19H2,1-2H3,(H,29,32)/t25-/m0/s1. The molecule has 0 bridgehead atoms. The first-order valence-electron chi connectivity index (χ1n) is 11.0. The van der Waals surface area contributed by atoms with Crippen molar-refractivity contribution in [2.45, 2.75) is 32.9 Å². The van der Waals surface area contributed by atoms with E-state index in [4.69, 9.17) is 4.74 Å². The van der Waals surface area contributed by atoms with Crippen molar-refractivity contribution in [3.05, 3.63) is 99.1 Å². The molecule has 33 heavy (non-hydrogen) atoms. The number of aryl methyl sites for hydroxylation is 1. The Morgan fingerprint density at radius 2 is 1.64 bits per heavy atom. The van der Waals surface area contributed by atoms with Gasteiger partial charge in [0.1, 0.15) is 11.8 Å². The molecule has 0 aromatic heterocycles. The van der Waals surface area contributed by atoms with Gasteiger partial charge in [-0.15, -0.1) is 0 Å². The molecular weight excluding hydrogens is 527 g/mol. The van der Waals surface area contributed by atoms with Crippen LogP contribution in [0.1, 0.15) is 23.6 Å². The van der Waals surface area contributed by atoms with Crippen molar-refractivity contribution in [3.63, 3.8) is 0 Å². The van der Waals surface area contributed by atoms with Gasteiger partial charge in [-0.1, -0.05) is 54.6 Å². The molecule has 3 rings (SSSR count). The second-order valence-electron chi connectivity index (χ2n) is 7.79. The Labute approximate surface area is 209 Å². The number of hydrogen-bond donors (Lipinski definition) is 1. The summed E-state index contributed by atoms with van der Waals surface area (Å²) < 4.78 is 6.88. The SMILES string of the molecule is CCNC(=O)[C@H](Cc1ccccc1)N(Cc1ccccc1C)C(=O)COc1ccc(I)cc1. The molecule has 6 heteroatoms. The normalized spacial score (nSPS) is 11.5. The van der Waals surface area contributed by atoms with Crippen LogP contribution in [0.2, 0.25) is 0 Å². The van der Waals surface area contributed by atoms with Crippen LogP contribution in [-0.4, -0.2) is 35.9 Å². The molecule has 0 aliphatic carbocycles. The maximum absolute atomic E-state index is 13.5. The number of amides is 2. The Balaban J connectivity index is 1.89. The lowest BCUT2D eigenvalue weighted by molar-refractivity contribution is -0.142. The second-order valence-corrected chi connectivity index (χ2v) is 9.04. The van der Waals surface area contributed by atoms with Gasteiger partial charge in [-0.3, -0.25) is 9.59 Å². The number of benzene rings is 3. The van der Waals surface area contributed by atoms with Crippen molar-refractivity contribution in [2.24, 2.45) is 0 Å². The van der Waals surface area contributed by atoms with Crippen LogP contribution < -0.4 is 10.1 Å². The van der Waals surface area contributed by atoms with Gasteiger partial charge in [0.15, 0.2) is 6.61 Å². The average molecular weight is 556 g/mol. The molecule has 3 aromatic carbocycles. The topological polar surface area (TPSA) is 58.6 Å². The number of nitrogens with zero attached hydrogens (tertiary/aromatic N) is 1. The van der Waals surface area contributed by atoms with E-state index in [0.29, 0.717) is 25.3 Å². The third kappa shape index (κ3) is 7.32. The molecule has 0 saturated carbocycles. The van der Waals surface area contributed by atoms with Crippen LogP contribution in [0, 0.1) is 10.5 Å². The molecule has 0 spiro atoms. The molecule has 0 aliphatic rings. The number of carbonyl (C=O) groups is 2. The lowest BCUT2D eigenvalue weighted by Gasteiger charge is -2.31. The molecule has 0 unspecified atom stereocenters. The van der Waals surface area contributed by atoms with Crippen LogP contribution in [0.4, 0.5) is 0 Å². The fourth-order valence-electron chi connectivity index (χ4n) is 3.58. The first-order chi connectivity index (χ1) is 16.0. The van der Waals surface area contributed by atoms with Crippen molar-refractivity contribution in [3.8, 4) is 5.75 Å². The van der Waals surface area contributed by atoms with E-state index in [1.807, 2.05) is 92.7 Å². The summed E-state index contributed by atoms with van der Waals surface area (Å²) in [5.41, 5.74) is 3.07. The molecule has 0 aliphatic heterocycles. The molecule has 0 heterocycles. The number of halogens is 1. The summed E-state index contributed by atoms with van der Waals surface area (Å²) in [6.45, 7) is 4.58. The number of nitrogens with one attached hydrogen (secondary N) is 1. The lowest BCUT2D eigenvalue weighted by Crippen LogP contribution is -2.51. The highest BCUT2D eigenvalue weighted by Crippen LogP contribution is 2.18. The number of hydrogen-bond acceptors (Lipinski definition) is 3. The molecule has 0 saturated heterocycles. The van der Waals surface area contributed by atoms with Crippen molar-refractivity contribution >= 4 is 34.4 Å². The quantitative estimate of drug-likeness (QED) is 0.367. The summed E-state index contributed by atoms with van der Waals surface area (Å²) in [6, 6.07) is 24.6. The molecule has 172 valence electrons. The van der Waals surface area contributed by atoms with Gasteiger partial charge in [0.2, 0.25) is 5.91 Å². The Hall–Kier alpha value is -2.87. The zero-order valence-corrected chi connectivity index (χ0v) is 21.1. The molecule has 1 atom stereocenters. The monoisotopic (exact) mass is 556 g/mol. The Morgan fingerprint density at radius 1 is 0.970 bits per heavy atom. The summed E-state index contributed by atoms with van der Waals surface area (Å²) in [7, 11) is 0. The zero-order valence-electron chi connectivity index (χ0n) is 19.0. The molecular formula is C27H29IN2O3. The highest BCUT2D eigenvalue weighted by molar-refractivity contribution is 14.1. The largest absolute Gasteiger partial charge is 0.484 e. The summed E-state index contributed by atoms with van der Waals surface area (Å²) >= 11 is 2.22. The third-order valence-corrected chi connectivity index (χ3v) is 6.12. The first kappa shape index (κ1) is 24.8. The predicted molar refractivity (Wildman–Crippen MR) is 139 cm³/mol. The van der Waals surface area contributed by atoms with E-state index in [1.165, 1.54) is 0 Å². The van der Waals surface area contributed by atoms with Crippen molar-refractivity contribution in [1.29, 1.82) is 0 Å². The Morgan fingerprint density at radius 3 is 2.30 bits per heavy atom. The van der Waals surface area contributed by atoms with Crippen LogP contribution in [0.15, 0.2) is 78.9 Å². The molecule has 5 nitrogen and oxygen atoms in total. The van der Waals surface area contributed by atoms with Gasteiger partial charge in [-0.05, 0) is 77.4 Å². The highest BCUT2D eigenvalue weighted by atomic mass is 127. The van der Waals surface area contributed by atoms with E-state index in [9.17, 15) is 9.59 Å². The van der Waals surface area contributed by atoms with E-state index in [0.717, 1.165) is 20.3 Å². The van der Waals surface area contributed by atoms with Crippen LogP contribution in [0.5, 0.6) is 5.75 Å². The van der Waals surface area contributed by atoms with Crippen LogP contribution in [0.3, 0.4) is 0 Å². The molecule has 3 aromatic rings. The van der Waals surface area contributed by atoms with Crippen molar-refractivity contribution in [1.82, 2.24) is 10.2 Å². The first-order valence-corrected chi connectivity index (χ1v) is 12.1. The van der Waals surface area contributed by atoms with Gasteiger partial charge in [-0.2, -0.15) is 0 Å². The van der Waals surface area contributed by atoms with Crippen molar-refractivity contribution < 1.29 is 14.3 Å². The third-order valence-electron chi connectivity index (χ3n) is 5.40. The molecule has 2 amide bonds. The fourth-order valence-corrected chi connectivity index (χ4v) is 3.94. The van der Waals surface area contributed by atoms with Crippen molar-refractivity contribution in [2.75, 3.05) is 13.2 Å². The Kier molecular flexibility index (Phi) is 9.30. The van der Waals surface area contributed by atoms with Crippen LogP contribution >= 0.6 is 22.6 Å². The number of carbonyl (C=O) groups excluding carboxylic acids is 2. The van der Waals surface area contributed by atoms with Gasteiger partial charge in [-0.25, -0.2) is 0 Å². The average Bonchev–Trinajstić information content (AvgIpc) is 2.82. The number of rotatable bonds is 10. The fraction of sp³-hybridized carbons (Fsp3) is 0.259. The van der Waals surface area contributed by atoms with E-state index in [2.05, 4.69) is 27.9 Å². The lowest BCUT2D eigenvalue weighted by atomic mass is 10.0. The summed E-state index contributed by atoms with van der Waals surface area (Å²) in [5.74, 6) is 0.221. The second kappa shape index (κ2) is 12.4. The van der Waals surface area contributed by atoms with Gasteiger partial charge < -0.3 is 15.0 Å². The Bertz CT molecular complexity index is 1050. The van der Waals surface area contributed by atoms with Crippen LogP contribution in [-0.2, 0) is 22.6 Å². The maximum Gasteiger partial charge on any atom is 0.261 e. The van der Waals surface area contributed by atoms with E-state index < -0.39 is 6.04 Å². The number of ether oxygens (including phenoxy) is 1. The predicted octanol–water partition coefficient (Wildman–Crippen LogP) is 4.75. The van der Waals surface area contributed by atoms with E-state index in [1.54, 1.807) is 4.90 Å². The minimum absolute atomic E-state index is 0.142. The maximum atomic E-state index is 13.5. The molecule has 0 fully saturated rings. The number of likely N-dealkylation sites (N-methyl/N-ethyl adjacent to an activating group) is 1. The van der Waals surface area contributed by atoms with Crippen LogP contribution in [0.25, 0.3) is 0 Å². The van der Waals surface area contributed by atoms with Gasteiger partial charge in [0.25, 0.3) is 5.91 Å². The minimum atomic E-state index is -0.653. The zero-order chi connectivity index (χ0) is 23.6. The summed E-state index contributed by atoms with van der Waals surface area (Å²) in [4.78, 5) is 28.2. The minimum Gasteiger partial charge on any atom is -0.484 e.